The fraction of sp³-hybridized carbons (Fsp3) is 0.793. The SMILES string of the molecule is CC/C=C\C/C=C\C/C=C\C/C=C\C/C=C\C/C=C\CCCCCCCCC(=O)OC(COC(=O)CCCCCCCCCCCCCCCCCCCCCCCCCCCCCCC/C=C\CCCCCCCCCC)COC(OCC[N+](C)(C)C)C(=O)O. The van der Waals surface area contributed by atoms with E-state index in [4.69, 9.17) is 18.9 Å². The van der Waals surface area contributed by atoms with Crippen LogP contribution in [0.3, 0.4) is 0 Å². The normalized spacial score (nSPS) is 13.1. The standard InChI is InChI=1S/C82H147NO8/c1-6-8-10-12-14-16-18-20-22-24-26-28-30-32-33-34-35-36-37-38-39-40-41-42-43-44-45-46-47-49-50-52-54-56-58-60-62-64-66-68-70-72-79(84)89-76-78(77-90-82(81(86)87)88-75-74-83(3,4)5)91-80(85)73-71-69-67-65-63-61-59-57-55-53-51-48-31-29-27-25-23-21-19-17-15-13-11-9-7-2/h9,11,15,17,21,23-24,26-27,29,48,51,55,57,78,82H,6-8,10,12-14,16,18-20,22,25,28,30-47,49-50,52-54,56,58-77H2,1-5H3/p+1/b11-9-,17-15-,23-21-,26-24-,29-27-,51-48-,57-55-. The summed E-state index contributed by atoms with van der Waals surface area (Å²) in [4.78, 5) is 37.7. The van der Waals surface area contributed by atoms with Crippen molar-refractivity contribution in [3.8, 4) is 0 Å². The first-order valence-corrected chi connectivity index (χ1v) is 38.8. The lowest BCUT2D eigenvalue weighted by Gasteiger charge is -2.25. The van der Waals surface area contributed by atoms with Crippen molar-refractivity contribution in [1.29, 1.82) is 0 Å². The van der Waals surface area contributed by atoms with Crippen LogP contribution in [-0.2, 0) is 33.3 Å². The van der Waals surface area contributed by atoms with E-state index in [1.807, 2.05) is 21.1 Å². The van der Waals surface area contributed by atoms with Crippen LogP contribution in [0.1, 0.15) is 361 Å². The molecule has 0 aliphatic rings. The van der Waals surface area contributed by atoms with Crippen LogP contribution in [0, 0.1) is 0 Å². The second-order valence-corrected chi connectivity index (χ2v) is 27.3. The number of allylic oxidation sites excluding steroid dienone is 14. The zero-order valence-electron chi connectivity index (χ0n) is 60.5. The first-order chi connectivity index (χ1) is 44.6. The van der Waals surface area contributed by atoms with Gasteiger partial charge in [0.25, 0.3) is 6.29 Å². The van der Waals surface area contributed by atoms with Crippen molar-refractivity contribution in [3.63, 3.8) is 0 Å². The molecule has 2 unspecified atom stereocenters. The molecule has 0 aromatic carbocycles. The van der Waals surface area contributed by atoms with Gasteiger partial charge in [0.1, 0.15) is 13.2 Å². The number of quaternary nitrogens is 1. The molecule has 2 atom stereocenters. The molecule has 0 bridgehead atoms. The molecule has 0 heterocycles. The lowest BCUT2D eigenvalue weighted by atomic mass is 10.0. The van der Waals surface area contributed by atoms with Crippen molar-refractivity contribution in [3.05, 3.63) is 85.1 Å². The number of hydrogen-bond acceptors (Lipinski definition) is 7. The number of likely N-dealkylation sites (N-methyl/N-ethyl adjacent to an activating group) is 1. The van der Waals surface area contributed by atoms with Gasteiger partial charge in [-0.15, -0.1) is 0 Å². The van der Waals surface area contributed by atoms with E-state index in [0.717, 1.165) is 96.3 Å². The van der Waals surface area contributed by atoms with Gasteiger partial charge in [-0.3, -0.25) is 9.59 Å². The smallest absolute Gasteiger partial charge is 0.361 e. The van der Waals surface area contributed by atoms with Gasteiger partial charge in [-0.05, 0) is 89.9 Å². The number of carbonyl (C=O) groups excluding carboxylic acids is 2. The predicted octanol–water partition coefficient (Wildman–Crippen LogP) is 24.6. The first-order valence-electron chi connectivity index (χ1n) is 38.8. The van der Waals surface area contributed by atoms with Crippen LogP contribution in [-0.4, -0.2) is 87.4 Å². The second-order valence-electron chi connectivity index (χ2n) is 27.3. The minimum absolute atomic E-state index is 0.182. The molecule has 0 aromatic heterocycles. The van der Waals surface area contributed by atoms with Crippen LogP contribution in [0.25, 0.3) is 0 Å². The van der Waals surface area contributed by atoms with Crippen molar-refractivity contribution in [1.82, 2.24) is 0 Å². The Bertz CT molecular complexity index is 1770. The molecule has 91 heavy (non-hydrogen) atoms. The monoisotopic (exact) mass is 1280 g/mol. The fourth-order valence-electron chi connectivity index (χ4n) is 11.3. The Kier molecular flexibility index (Phi) is 69.5. The zero-order chi connectivity index (χ0) is 66.1. The van der Waals surface area contributed by atoms with Crippen molar-refractivity contribution >= 4 is 17.9 Å². The summed E-state index contributed by atoms with van der Waals surface area (Å²) in [7, 11) is 5.98. The third-order valence-corrected chi connectivity index (χ3v) is 17.1. The van der Waals surface area contributed by atoms with Crippen LogP contribution in [0.2, 0.25) is 0 Å². The van der Waals surface area contributed by atoms with Crippen molar-refractivity contribution in [2.75, 3.05) is 47.5 Å². The Morgan fingerprint density at radius 1 is 0.341 bits per heavy atom. The molecule has 0 radical (unpaired) electrons. The van der Waals surface area contributed by atoms with Crippen molar-refractivity contribution in [2.24, 2.45) is 0 Å². The van der Waals surface area contributed by atoms with Gasteiger partial charge in [0, 0.05) is 12.8 Å². The highest BCUT2D eigenvalue weighted by Gasteiger charge is 2.25. The Hall–Kier alpha value is -3.53. The van der Waals surface area contributed by atoms with Crippen LogP contribution in [0.15, 0.2) is 85.1 Å². The summed E-state index contributed by atoms with van der Waals surface area (Å²) < 4.78 is 23.0. The molecule has 0 spiro atoms. The van der Waals surface area contributed by atoms with Gasteiger partial charge in [-0.25, -0.2) is 4.79 Å². The van der Waals surface area contributed by atoms with Gasteiger partial charge >= 0.3 is 17.9 Å². The molecule has 0 amide bonds. The van der Waals surface area contributed by atoms with Gasteiger partial charge in [-0.1, -0.05) is 343 Å². The number of aliphatic carboxylic acids is 1. The summed E-state index contributed by atoms with van der Waals surface area (Å²) in [5.41, 5.74) is 0. The summed E-state index contributed by atoms with van der Waals surface area (Å²) in [5, 5.41) is 9.76. The molecule has 1 N–H and O–H groups in total. The molecule has 0 saturated heterocycles. The maximum Gasteiger partial charge on any atom is 0.361 e. The molecule has 0 rings (SSSR count). The first kappa shape index (κ1) is 87.5. The topological polar surface area (TPSA) is 108 Å². The average molecular weight is 1280 g/mol. The highest BCUT2D eigenvalue weighted by atomic mass is 16.7. The van der Waals surface area contributed by atoms with Gasteiger partial charge in [0.2, 0.25) is 0 Å². The zero-order valence-corrected chi connectivity index (χ0v) is 60.5. The largest absolute Gasteiger partial charge is 0.477 e. The molecular formula is C82H148NO8+. The maximum atomic E-state index is 12.9. The van der Waals surface area contributed by atoms with E-state index in [0.29, 0.717) is 23.9 Å². The molecule has 0 saturated carbocycles. The lowest BCUT2D eigenvalue weighted by Crippen LogP contribution is -2.40. The lowest BCUT2D eigenvalue weighted by molar-refractivity contribution is -0.870. The van der Waals surface area contributed by atoms with E-state index in [2.05, 4.69) is 98.9 Å². The number of nitrogens with zero attached hydrogens (tertiary/aromatic N) is 1. The molecule has 528 valence electrons. The number of unbranched alkanes of at least 4 members (excludes halogenated alkanes) is 43. The third kappa shape index (κ3) is 73.7. The molecule has 0 aromatic rings. The van der Waals surface area contributed by atoms with Gasteiger partial charge in [0.05, 0.1) is 34.4 Å². The summed E-state index contributed by atoms with van der Waals surface area (Å²) in [6.45, 7) is 4.78. The minimum atomic E-state index is -1.52. The number of carboxylic acid groups (broad SMARTS) is 1. The van der Waals surface area contributed by atoms with E-state index >= 15 is 0 Å². The van der Waals surface area contributed by atoms with Crippen molar-refractivity contribution < 1.29 is 42.9 Å². The predicted molar refractivity (Wildman–Crippen MR) is 392 cm³/mol. The van der Waals surface area contributed by atoms with E-state index in [-0.39, 0.29) is 32.2 Å². The summed E-state index contributed by atoms with van der Waals surface area (Å²) in [5.74, 6) is -2.01. The Labute approximate surface area is 563 Å². The van der Waals surface area contributed by atoms with Crippen molar-refractivity contribution in [2.45, 2.75) is 373 Å². The third-order valence-electron chi connectivity index (χ3n) is 17.1. The van der Waals surface area contributed by atoms with E-state index in [1.165, 1.54) is 231 Å². The fourth-order valence-corrected chi connectivity index (χ4v) is 11.3. The Morgan fingerprint density at radius 2 is 0.626 bits per heavy atom. The summed E-state index contributed by atoms with van der Waals surface area (Å²) >= 11 is 0. The van der Waals surface area contributed by atoms with E-state index in [1.54, 1.807) is 0 Å². The maximum absolute atomic E-state index is 12.9. The van der Waals surface area contributed by atoms with Crippen LogP contribution in [0.5, 0.6) is 0 Å². The Balaban J connectivity index is 3.98. The molecule has 0 aliphatic heterocycles. The molecule has 0 fully saturated rings. The van der Waals surface area contributed by atoms with Crippen LogP contribution in [0.4, 0.5) is 0 Å². The minimum Gasteiger partial charge on any atom is -0.477 e. The highest BCUT2D eigenvalue weighted by Crippen LogP contribution is 2.19. The molecule has 0 aliphatic carbocycles. The Morgan fingerprint density at radius 3 is 0.945 bits per heavy atom. The van der Waals surface area contributed by atoms with Gasteiger partial charge in [-0.2, -0.15) is 0 Å². The molecular weight excluding hydrogens is 1130 g/mol. The van der Waals surface area contributed by atoms with Crippen LogP contribution < -0.4 is 0 Å². The number of carboxylic acids is 1. The van der Waals surface area contributed by atoms with Gasteiger partial charge < -0.3 is 28.5 Å². The quantitative estimate of drug-likeness (QED) is 0.0211. The van der Waals surface area contributed by atoms with E-state index in [9.17, 15) is 19.5 Å². The summed E-state index contributed by atoms with van der Waals surface area (Å²) in [6.07, 6.45) is 96.0. The van der Waals surface area contributed by atoms with Crippen LogP contribution >= 0.6 is 0 Å². The van der Waals surface area contributed by atoms with E-state index < -0.39 is 24.3 Å². The summed E-state index contributed by atoms with van der Waals surface area (Å²) in [6, 6.07) is 0. The van der Waals surface area contributed by atoms with Gasteiger partial charge in [0.15, 0.2) is 6.10 Å². The number of esters is 2. The molecule has 9 nitrogen and oxygen atoms in total. The average Bonchev–Trinajstić information content (AvgIpc) is 3.46. The number of carbonyl (C=O) groups is 3. The number of ether oxygens (including phenoxy) is 4. The highest BCUT2D eigenvalue weighted by molar-refractivity contribution is 5.71. The number of rotatable bonds is 72. The molecule has 9 heteroatoms. The number of hydrogen-bond donors (Lipinski definition) is 1. The second kappa shape index (κ2) is 72.3.